The van der Waals surface area contributed by atoms with Gasteiger partial charge in [-0.3, -0.25) is 9.69 Å². The van der Waals surface area contributed by atoms with Crippen molar-refractivity contribution in [3.05, 3.63) is 59.3 Å². The fourth-order valence-corrected chi connectivity index (χ4v) is 4.07. The van der Waals surface area contributed by atoms with E-state index in [1.807, 2.05) is 18.2 Å². The van der Waals surface area contributed by atoms with Crippen LogP contribution in [0.15, 0.2) is 42.6 Å². The molecule has 1 saturated heterocycles. The predicted molar refractivity (Wildman–Crippen MR) is 121 cm³/mol. The molecule has 1 N–H and O–H groups in total. The molecule has 3 rings (SSSR count). The molecule has 1 fully saturated rings. The molecular formula is C24H34N4O2. The molecule has 2 heterocycles. The molecule has 30 heavy (non-hydrogen) atoms. The maximum atomic E-state index is 12.6. The van der Waals surface area contributed by atoms with Crippen molar-refractivity contribution in [3.8, 4) is 0 Å². The molecule has 1 aliphatic rings. The summed E-state index contributed by atoms with van der Waals surface area (Å²) in [6.07, 6.45) is 2.14. The van der Waals surface area contributed by atoms with E-state index in [0.29, 0.717) is 12.1 Å². The van der Waals surface area contributed by atoms with Crippen molar-refractivity contribution in [2.45, 2.75) is 53.0 Å². The number of nitrogens with one attached hydrogen (secondary N) is 1. The lowest BCUT2D eigenvalue weighted by Gasteiger charge is -2.35. The predicted octanol–water partition coefficient (Wildman–Crippen LogP) is 3.47. The van der Waals surface area contributed by atoms with Gasteiger partial charge in [-0.2, -0.15) is 0 Å². The molecule has 162 valence electrons. The van der Waals surface area contributed by atoms with E-state index in [1.165, 1.54) is 5.56 Å². The molecule has 0 radical (unpaired) electrons. The second-order valence-electron chi connectivity index (χ2n) is 7.98. The van der Waals surface area contributed by atoms with Gasteiger partial charge in [-0.1, -0.05) is 24.3 Å². The van der Waals surface area contributed by atoms with Crippen LogP contribution in [0.3, 0.4) is 0 Å². The number of hydrogen-bond donors (Lipinski definition) is 1. The van der Waals surface area contributed by atoms with E-state index in [2.05, 4.69) is 66.0 Å². The van der Waals surface area contributed by atoms with Gasteiger partial charge < -0.3 is 15.0 Å². The molecule has 1 aromatic heterocycles. The monoisotopic (exact) mass is 410 g/mol. The van der Waals surface area contributed by atoms with Crippen LogP contribution in [0.4, 0.5) is 5.82 Å². The molecule has 2 unspecified atom stereocenters. The Hall–Kier alpha value is -2.44. The van der Waals surface area contributed by atoms with E-state index in [4.69, 9.17) is 4.74 Å². The molecule has 0 bridgehead atoms. The van der Waals surface area contributed by atoms with Crippen molar-refractivity contribution in [3.63, 3.8) is 0 Å². The van der Waals surface area contributed by atoms with Gasteiger partial charge in [-0.05, 0) is 51.0 Å². The Morgan fingerprint density at radius 3 is 2.37 bits per heavy atom. The first kappa shape index (κ1) is 22.2. The smallest absolute Gasteiger partial charge is 0.253 e. The van der Waals surface area contributed by atoms with Crippen molar-refractivity contribution < 1.29 is 9.53 Å². The van der Waals surface area contributed by atoms with Crippen LogP contribution < -0.4 is 10.2 Å². The number of ether oxygens (including phenoxy) is 1. The highest BCUT2D eigenvalue weighted by Crippen LogP contribution is 2.17. The maximum Gasteiger partial charge on any atom is 0.253 e. The largest absolute Gasteiger partial charge is 0.373 e. The third kappa shape index (κ3) is 5.80. The van der Waals surface area contributed by atoms with Crippen molar-refractivity contribution in [2.24, 2.45) is 0 Å². The van der Waals surface area contributed by atoms with E-state index in [9.17, 15) is 4.79 Å². The number of benzene rings is 1. The standard InChI is InChI=1S/C24H34N4O2/c1-5-28(6-2)23-12-11-21(14-25-23)24(29)26-13-20-9-7-8-10-22(20)17-27-15-18(3)30-19(4)16-27/h7-12,14,18-19H,5-6,13,15-17H2,1-4H3,(H,26,29). The minimum absolute atomic E-state index is 0.1000. The van der Waals surface area contributed by atoms with Crippen molar-refractivity contribution >= 4 is 11.7 Å². The van der Waals surface area contributed by atoms with Crippen LogP contribution in [-0.4, -0.2) is 54.2 Å². The zero-order valence-corrected chi connectivity index (χ0v) is 18.6. The lowest BCUT2D eigenvalue weighted by molar-refractivity contribution is -0.0705. The van der Waals surface area contributed by atoms with Crippen LogP contribution in [-0.2, 0) is 17.8 Å². The topological polar surface area (TPSA) is 57.7 Å². The fourth-order valence-electron chi connectivity index (χ4n) is 4.07. The molecule has 2 atom stereocenters. The highest BCUT2D eigenvalue weighted by Gasteiger charge is 2.22. The highest BCUT2D eigenvalue weighted by molar-refractivity contribution is 5.94. The second kappa shape index (κ2) is 10.5. The average Bonchev–Trinajstić information content (AvgIpc) is 2.73. The summed E-state index contributed by atoms with van der Waals surface area (Å²) in [6, 6.07) is 12.1. The molecule has 0 aliphatic carbocycles. The second-order valence-corrected chi connectivity index (χ2v) is 7.98. The van der Waals surface area contributed by atoms with Gasteiger partial charge in [0.1, 0.15) is 5.82 Å². The van der Waals surface area contributed by atoms with Gasteiger partial charge in [0.2, 0.25) is 0 Å². The average molecular weight is 411 g/mol. The zero-order chi connectivity index (χ0) is 21.5. The van der Waals surface area contributed by atoms with Crippen LogP contribution >= 0.6 is 0 Å². The van der Waals surface area contributed by atoms with Crippen molar-refractivity contribution in [1.82, 2.24) is 15.2 Å². The third-order valence-electron chi connectivity index (χ3n) is 5.54. The number of carbonyl (C=O) groups excluding carboxylic acids is 1. The number of nitrogens with zero attached hydrogens (tertiary/aromatic N) is 3. The molecule has 6 nitrogen and oxygen atoms in total. The number of aromatic nitrogens is 1. The molecular weight excluding hydrogens is 376 g/mol. The van der Waals surface area contributed by atoms with Gasteiger partial charge in [0.25, 0.3) is 5.91 Å². The van der Waals surface area contributed by atoms with E-state index in [0.717, 1.165) is 44.1 Å². The maximum absolute atomic E-state index is 12.6. The van der Waals surface area contributed by atoms with Gasteiger partial charge in [0.15, 0.2) is 0 Å². The first-order valence-corrected chi connectivity index (χ1v) is 10.9. The summed E-state index contributed by atoms with van der Waals surface area (Å²) in [5.74, 6) is 0.799. The van der Waals surface area contributed by atoms with Crippen LogP contribution in [0.25, 0.3) is 0 Å². The number of pyridine rings is 1. The number of morpholine rings is 1. The number of carbonyl (C=O) groups is 1. The van der Waals surface area contributed by atoms with E-state index < -0.39 is 0 Å². The Morgan fingerprint density at radius 1 is 1.10 bits per heavy atom. The van der Waals surface area contributed by atoms with E-state index in [-0.39, 0.29) is 18.1 Å². The van der Waals surface area contributed by atoms with Crippen molar-refractivity contribution in [2.75, 3.05) is 31.1 Å². The summed E-state index contributed by atoms with van der Waals surface area (Å²) in [5, 5.41) is 3.05. The Balaban J connectivity index is 1.61. The van der Waals surface area contributed by atoms with E-state index in [1.54, 1.807) is 6.20 Å². The molecule has 0 spiro atoms. The summed E-state index contributed by atoms with van der Waals surface area (Å²) in [5.41, 5.74) is 2.97. The quantitative estimate of drug-likeness (QED) is 0.722. The van der Waals surface area contributed by atoms with Gasteiger partial charge in [-0.25, -0.2) is 4.98 Å². The number of amides is 1. The summed E-state index contributed by atoms with van der Waals surface area (Å²) in [4.78, 5) is 21.7. The summed E-state index contributed by atoms with van der Waals surface area (Å²) >= 11 is 0. The number of hydrogen-bond acceptors (Lipinski definition) is 5. The highest BCUT2D eigenvalue weighted by atomic mass is 16.5. The molecule has 0 saturated carbocycles. The lowest BCUT2D eigenvalue weighted by Crippen LogP contribution is -2.45. The Morgan fingerprint density at radius 2 is 1.77 bits per heavy atom. The van der Waals surface area contributed by atoms with E-state index >= 15 is 0 Å². The molecule has 2 aromatic rings. The Kier molecular flexibility index (Phi) is 7.82. The first-order chi connectivity index (χ1) is 14.5. The van der Waals surface area contributed by atoms with Crippen LogP contribution in [0, 0.1) is 0 Å². The Labute approximate surface area is 180 Å². The summed E-state index contributed by atoms with van der Waals surface area (Å²) in [6.45, 7) is 13.4. The lowest BCUT2D eigenvalue weighted by atomic mass is 10.1. The molecule has 1 aromatic carbocycles. The zero-order valence-electron chi connectivity index (χ0n) is 18.6. The number of rotatable bonds is 8. The summed E-state index contributed by atoms with van der Waals surface area (Å²) < 4.78 is 5.84. The van der Waals surface area contributed by atoms with Crippen LogP contribution in [0.5, 0.6) is 0 Å². The SMILES string of the molecule is CCN(CC)c1ccc(C(=O)NCc2ccccc2CN2CC(C)OC(C)C2)cn1. The minimum atomic E-state index is -0.1000. The van der Waals surface area contributed by atoms with Gasteiger partial charge in [0, 0.05) is 45.5 Å². The van der Waals surface area contributed by atoms with Crippen LogP contribution in [0.1, 0.15) is 49.2 Å². The van der Waals surface area contributed by atoms with Crippen molar-refractivity contribution in [1.29, 1.82) is 0 Å². The normalized spacial score (nSPS) is 19.5. The first-order valence-electron chi connectivity index (χ1n) is 10.9. The minimum Gasteiger partial charge on any atom is -0.373 e. The molecule has 6 heteroatoms. The third-order valence-corrected chi connectivity index (χ3v) is 5.54. The fraction of sp³-hybridized carbons (Fsp3) is 0.500. The molecule has 1 amide bonds. The molecule has 1 aliphatic heterocycles. The number of anilines is 1. The van der Waals surface area contributed by atoms with Crippen LogP contribution in [0.2, 0.25) is 0 Å². The van der Waals surface area contributed by atoms with Gasteiger partial charge in [0.05, 0.1) is 17.8 Å². The summed E-state index contributed by atoms with van der Waals surface area (Å²) in [7, 11) is 0. The van der Waals surface area contributed by atoms with Gasteiger partial charge >= 0.3 is 0 Å². The Bertz CT molecular complexity index is 810. The van der Waals surface area contributed by atoms with Gasteiger partial charge in [-0.15, -0.1) is 0 Å².